The Morgan fingerprint density at radius 3 is 2.33 bits per heavy atom. The van der Waals surface area contributed by atoms with Gasteiger partial charge in [0, 0.05) is 13.2 Å². The molecule has 74 valence electrons. The molecule has 0 saturated heterocycles. The molecule has 2 heteroatoms. The van der Waals surface area contributed by atoms with E-state index in [4.69, 9.17) is 4.74 Å². The molecule has 1 N–H and O–H groups in total. The molecular formula is C10H22O2. The lowest BCUT2D eigenvalue weighted by Gasteiger charge is -2.17. The van der Waals surface area contributed by atoms with Gasteiger partial charge in [-0.1, -0.05) is 20.3 Å². The second-order valence-electron chi connectivity index (χ2n) is 3.31. The molecule has 0 aliphatic rings. The van der Waals surface area contributed by atoms with E-state index in [1.165, 1.54) is 0 Å². The van der Waals surface area contributed by atoms with Gasteiger partial charge in [0.15, 0.2) is 0 Å². The predicted molar refractivity (Wildman–Crippen MR) is 51.2 cm³/mol. The van der Waals surface area contributed by atoms with Crippen molar-refractivity contribution in [2.75, 3.05) is 13.2 Å². The molecule has 0 aliphatic carbocycles. The van der Waals surface area contributed by atoms with Crippen LogP contribution in [0, 0.1) is 5.92 Å². The van der Waals surface area contributed by atoms with Crippen LogP contribution < -0.4 is 0 Å². The fourth-order valence-electron chi connectivity index (χ4n) is 1.27. The minimum atomic E-state index is -0.194. The third-order valence-corrected chi connectivity index (χ3v) is 2.19. The molecular weight excluding hydrogens is 152 g/mol. The maximum atomic E-state index is 9.31. The summed E-state index contributed by atoms with van der Waals surface area (Å²) in [7, 11) is 0. The molecule has 0 aromatic heterocycles. The predicted octanol–water partition coefficient (Wildman–Crippen LogP) is 2.21. The van der Waals surface area contributed by atoms with Gasteiger partial charge in [0.2, 0.25) is 0 Å². The average molecular weight is 174 g/mol. The molecule has 2 unspecified atom stereocenters. The lowest BCUT2D eigenvalue weighted by atomic mass is 9.97. The summed E-state index contributed by atoms with van der Waals surface area (Å²) in [5.74, 6) is 0.404. The van der Waals surface area contributed by atoms with E-state index in [0.29, 0.717) is 5.92 Å². The van der Waals surface area contributed by atoms with Crippen LogP contribution in [0.3, 0.4) is 0 Å². The van der Waals surface area contributed by atoms with Gasteiger partial charge in [-0.15, -0.1) is 0 Å². The van der Waals surface area contributed by atoms with E-state index in [1.54, 1.807) is 0 Å². The molecule has 0 spiro atoms. The van der Waals surface area contributed by atoms with Gasteiger partial charge in [-0.25, -0.2) is 0 Å². The lowest BCUT2D eigenvalue weighted by molar-refractivity contribution is 0.0732. The largest absolute Gasteiger partial charge is 0.393 e. The van der Waals surface area contributed by atoms with Crippen molar-refractivity contribution in [3.63, 3.8) is 0 Å². The molecule has 0 rings (SSSR count). The summed E-state index contributed by atoms with van der Waals surface area (Å²) in [6, 6.07) is 0. The van der Waals surface area contributed by atoms with Gasteiger partial charge in [-0.05, 0) is 25.7 Å². The van der Waals surface area contributed by atoms with Crippen molar-refractivity contribution in [3.8, 4) is 0 Å². The second kappa shape index (κ2) is 7.56. The molecule has 0 aromatic rings. The molecule has 0 heterocycles. The van der Waals surface area contributed by atoms with Crippen molar-refractivity contribution >= 4 is 0 Å². The van der Waals surface area contributed by atoms with E-state index >= 15 is 0 Å². The normalized spacial score (nSPS) is 16.0. The zero-order valence-electron chi connectivity index (χ0n) is 8.55. The van der Waals surface area contributed by atoms with E-state index in [9.17, 15) is 5.11 Å². The molecule has 0 aromatic carbocycles. The van der Waals surface area contributed by atoms with E-state index in [1.807, 2.05) is 6.92 Å². The van der Waals surface area contributed by atoms with Crippen LogP contribution in [0.2, 0.25) is 0 Å². The highest BCUT2D eigenvalue weighted by molar-refractivity contribution is 4.62. The maximum absolute atomic E-state index is 9.31. The molecule has 0 aliphatic heterocycles. The highest BCUT2D eigenvalue weighted by Crippen LogP contribution is 2.12. The average Bonchev–Trinajstić information content (AvgIpc) is 2.04. The van der Waals surface area contributed by atoms with E-state index in [-0.39, 0.29) is 6.10 Å². The fraction of sp³-hybridized carbons (Fsp3) is 1.00. The Morgan fingerprint density at radius 2 is 1.92 bits per heavy atom. The SMILES string of the molecule is CCCOCCC(CC)C(C)O. The summed E-state index contributed by atoms with van der Waals surface area (Å²) in [5, 5.41) is 9.31. The summed E-state index contributed by atoms with van der Waals surface area (Å²) in [5.41, 5.74) is 0. The Kier molecular flexibility index (Phi) is 7.51. The summed E-state index contributed by atoms with van der Waals surface area (Å²) in [6.07, 6.45) is 2.90. The topological polar surface area (TPSA) is 29.5 Å². The van der Waals surface area contributed by atoms with Crippen LogP contribution >= 0.6 is 0 Å². The van der Waals surface area contributed by atoms with Gasteiger partial charge in [0.25, 0.3) is 0 Å². The number of rotatable bonds is 7. The lowest BCUT2D eigenvalue weighted by Crippen LogP contribution is -2.17. The first-order valence-electron chi connectivity index (χ1n) is 4.98. The zero-order chi connectivity index (χ0) is 9.40. The third-order valence-electron chi connectivity index (χ3n) is 2.19. The molecule has 0 radical (unpaired) electrons. The highest BCUT2D eigenvalue weighted by Gasteiger charge is 2.11. The van der Waals surface area contributed by atoms with Gasteiger partial charge >= 0.3 is 0 Å². The Labute approximate surface area is 75.9 Å². The summed E-state index contributed by atoms with van der Waals surface area (Å²) in [6.45, 7) is 7.70. The van der Waals surface area contributed by atoms with E-state index in [0.717, 1.165) is 32.5 Å². The minimum Gasteiger partial charge on any atom is -0.393 e. The number of ether oxygens (including phenoxy) is 1. The number of aliphatic hydroxyl groups excluding tert-OH is 1. The van der Waals surface area contributed by atoms with Crippen LogP contribution in [-0.2, 0) is 4.74 Å². The molecule has 12 heavy (non-hydrogen) atoms. The zero-order valence-corrected chi connectivity index (χ0v) is 8.55. The van der Waals surface area contributed by atoms with Crippen molar-refractivity contribution < 1.29 is 9.84 Å². The van der Waals surface area contributed by atoms with E-state index < -0.39 is 0 Å². The van der Waals surface area contributed by atoms with Gasteiger partial charge < -0.3 is 9.84 Å². The van der Waals surface area contributed by atoms with Crippen LogP contribution in [0.1, 0.15) is 40.0 Å². The van der Waals surface area contributed by atoms with Crippen LogP contribution in [0.25, 0.3) is 0 Å². The number of hydrogen-bond donors (Lipinski definition) is 1. The standard InChI is InChI=1S/C10H22O2/c1-4-7-12-8-6-10(5-2)9(3)11/h9-11H,4-8H2,1-3H3. The number of hydrogen-bond acceptors (Lipinski definition) is 2. The molecule has 2 nitrogen and oxygen atoms in total. The number of aliphatic hydroxyl groups is 1. The molecule has 0 fully saturated rings. The minimum absolute atomic E-state index is 0.194. The van der Waals surface area contributed by atoms with Crippen LogP contribution in [0.4, 0.5) is 0 Å². The molecule has 0 bridgehead atoms. The van der Waals surface area contributed by atoms with Crippen molar-refractivity contribution in [3.05, 3.63) is 0 Å². The van der Waals surface area contributed by atoms with Crippen molar-refractivity contribution in [2.24, 2.45) is 5.92 Å². The Bertz CT molecular complexity index is 91.8. The van der Waals surface area contributed by atoms with Crippen LogP contribution in [-0.4, -0.2) is 24.4 Å². The summed E-state index contributed by atoms with van der Waals surface area (Å²) in [4.78, 5) is 0. The van der Waals surface area contributed by atoms with Crippen LogP contribution in [0.15, 0.2) is 0 Å². The summed E-state index contributed by atoms with van der Waals surface area (Å²) < 4.78 is 5.35. The van der Waals surface area contributed by atoms with Crippen molar-refractivity contribution in [1.29, 1.82) is 0 Å². The Hall–Kier alpha value is -0.0800. The Morgan fingerprint density at radius 1 is 1.25 bits per heavy atom. The van der Waals surface area contributed by atoms with Crippen molar-refractivity contribution in [2.45, 2.75) is 46.1 Å². The molecule has 0 saturated carbocycles. The highest BCUT2D eigenvalue weighted by atomic mass is 16.5. The molecule has 0 amide bonds. The van der Waals surface area contributed by atoms with Gasteiger partial charge in [-0.2, -0.15) is 0 Å². The monoisotopic (exact) mass is 174 g/mol. The van der Waals surface area contributed by atoms with Gasteiger partial charge in [-0.3, -0.25) is 0 Å². The maximum Gasteiger partial charge on any atom is 0.0541 e. The third kappa shape index (κ3) is 5.56. The first kappa shape index (κ1) is 11.9. The van der Waals surface area contributed by atoms with E-state index in [2.05, 4.69) is 13.8 Å². The smallest absolute Gasteiger partial charge is 0.0541 e. The second-order valence-corrected chi connectivity index (χ2v) is 3.31. The Balaban J connectivity index is 3.32. The quantitative estimate of drug-likeness (QED) is 0.600. The van der Waals surface area contributed by atoms with Crippen molar-refractivity contribution in [1.82, 2.24) is 0 Å². The fourth-order valence-corrected chi connectivity index (χ4v) is 1.27. The van der Waals surface area contributed by atoms with Gasteiger partial charge in [0.1, 0.15) is 0 Å². The first-order valence-corrected chi connectivity index (χ1v) is 4.98. The van der Waals surface area contributed by atoms with Gasteiger partial charge in [0.05, 0.1) is 6.10 Å². The van der Waals surface area contributed by atoms with Crippen LogP contribution in [0.5, 0.6) is 0 Å². The summed E-state index contributed by atoms with van der Waals surface area (Å²) >= 11 is 0. The first-order chi connectivity index (χ1) is 5.72. The molecule has 2 atom stereocenters.